The molecule has 0 N–H and O–H groups in total. The summed E-state index contributed by atoms with van der Waals surface area (Å²) in [4.78, 5) is 7.68. The van der Waals surface area contributed by atoms with Crippen molar-refractivity contribution in [2.75, 3.05) is 20.3 Å². The molecule has 21 heavy (non-hydrogen) atoms. The van der Waals surface area contributed by atoms with Gasteiger partial charge >= 0.3 is 0 Å². The summed E-state index contributed by atoms with van der Waals surface area (Å²) in [6, 6.07) is 10.4. The lowest BCUT2D eigenvalue weighted by atomic mass is 10.5. The van der Waals surface area contributed by atoms with Crippen LogP contribution in [0.4, 0.5) is 0 Å². The normalized spacial score (nSPS) is 9.71. The summed E-state index contributed by atoms with van der Waals surface area (Å²) in [5, 5.41) is 1.30. The maximum Gasteiger partial charge on any atom is 0.214 e. The summed E-state index contributed by atoms with van der Waals surface area (Å²) in [6.07, 6.45) is 0.852. The van der Waals surface area contributed by atoms with Crippen LogP contribution < -0.4 is 4.74 Å². The standard InChI is InChI=1S/C9H12ClNO2.C5H3Cl2N/c1-12-6-3-7-13-9-5-2-4-8(10)11-9;6-4-2-1-3-5(7)8-4/h2,4-5H,3,6-7H2,1H3;1-3H. The second-order valence-corrected chi connectivity index (χ2v) is 4.94. The molecule has 0 saturated heterocycles. The zero-order valence-corrected chi connectivity index (χ0v) is 13.7. The third-order valence-corrected chi connectivity index (χ3v) is 2.74. The number of methoxy groups -OCH3 is 1. The molecule has 0 amide bonds. The van der Waals surface area contributed by atoms with E-state index in [1.807, 2.05) is 0 Å². The van der Waals surface area contributed by atoms with E-state index in [1.165, 1.54) is 0 Å². The van der Waals surface area contributed by atoms with E-state index in [2.05, 4.69) is 9.97 Å². The van der Waals surface area contributed by atoms with Crippen LogP contribution in [0.3, 0.4) is 0 Å². The van der Waals surface area contributed by atoms with E-state index in [1.54, 1.807) is 43.5 Å². The Balaban J connectivity index is 0.000000235. The van der Waals surface area contributed by atoms with Crippen LogP contribution in [-0.4, -0.2) is 30.3 Å². The fourth-order valence-corrected chi connectivity index (χ4v) is 1.76. The predicted molar refractivity (Wildman–Crippen MR) is 85.5 cm³/mol. The zero-order valence-electron chi connectivity index (χ0n) is 11.4. The molecule has 0 bridgehead atoms. The molecule has 0 aliphatic heterocycles. The Labute approximate surface area is 139 Å². The number of hydrogen-bond donors (Lipinski definition) is 0. The molecule has 0 aromatic carbocycles. The molecule has 0 radical (unpaired) electrons. The Morgan fingerprint density at radius 1 is 0.857 bits per heavy atom. The fourth-order valence-electron chi connectivity index (χ4n) is 1.23. The predicted octanol–water partition coefficient (Wildman–Crippen LogP) is 4.54. The van der Waals surface area contributed by atoms with E-state index in [9.17, 15) is 0 Å². The summed E-state index contributed by atoms with van der Waals surface area (Å²) in [5.41, 5.74) is 0. The van der Waals surface area contributed by atoms with E-state index in [0.717, 1.165) is 6.42 Å². The monoisotopic (exact) mass is 348 g/mol. The number of ether oxygens (including phenoxy) is 2. The molecule has 114 valence electrons. The van der Waals surface area contributed by atoms with Crippen LogP contribution in [-0.2, 0) is 4.74 Å². The van der Waals surface area contributed by atoms with Crippen LogP contribution in [0.15, 0.2) is 36.4 Å². The minimum absolute atomic E-state index is 0.428. The van der Waals surface area contributed by atoms with Crippen molar-refractivity contribution in [3.05, 3.63) is 51.9 Å². The van der Waals surface area contributed by atoms with Gasteiger partial charge in [0.25, 0.3) is 0 Å². The van der Waals surface area contributed by atoms with Gasteiger partial charge in [-0.1, -0.05) is 46.9 Å². The van der Waals surface area contributed by atoms with Crippen molar-refractivity contribution >= 4 is 34.8 Å². The Hall–Kier alpha value is -1.07. The molecule has 2 aromatic rings. The first-order chi connectivity index (χ1) is 10.1. The van der Waals surface area contributed by atoms with Gasteiger partial charge in [0.2, 0.25) is 5.88 Å². The van der Waals surface area contributed by atoms with Crippen molar-refractivity contribution in [2.24, 2.45) is 0 Å². The van der Waals surface area contributed by atoms with Gasteiger partial charge in [0, 0.05) is 26.2 Å². The molecule has 4 nitrogen and oxygen atoms in total. The molecular formula is C14H15Cl3N2O2. The van der Waals surface area contributed by atoms with Crippen molar-refractivity contribution in [3.8, 4) is 5.88 Å². The average molecular weight is 350 g/mol. The van der Waals surface area contributed by atoms with Crippen LogP contribution in [0.25, 0.3) is 0 Å². The number of nitrogens with zero attached hydrogens (tertiary/aromatic N) is 2. The van der Waals surface area contributed by atoms with Crippen molar-refractivity contribution in [1.29, 1.82) is 0 Å². The number of aromatic nitrogens is 2. The summed E-state index contributed by atoms with van der Waals surface area (Å²) in [5.74, 6) is 0.559. The molecular weight excluding hydrogens is 335 g/mol. The van der Waals surface area contributed by atoms with Gasteiger partial charge in [-0.25, -0.2) is 9.97 Å². The summed E-state index contributed by atoms with van der Waals surface area (Å²) < 4.78 is 10.2. The largest absolute Gasteiger partial charge is 0.478 e. The van der Waals surface area contributed by atoms with Gasteiger partial charge in [0.05, 0.1) is 6.61 Å². The molecule has 0 saturated carbocycles. The third-order valence-electron chi connectivity index (χ3n) is 2.11. The Morgan fingerprint density at radius 3 is 1.90 bits per heavy atom. The summed E-state index contributed by atoms with van der Waals surface area (Å²) in [7, 11) is 1.66. The van der Waals surface area contributed by atoms with Gasteiger partial charge in [-0.05, 0) is 18.2 Å². The van der Waals surface area contributed by atoms with E-state index < -0.39 is 0 Å². The van der Waals surface area contributed by atoms with Crippen molar-refractivity contribution < 1.29 is 9.47 Å². The lowest BCUT2D eigenvalue weighted by Crippen LogP contribution is -2.02. The highest BCUT2D eigenvalue weighted by molar-refractivity contribution is 6.32. The zero-order chi connectivity index (χ0) is 15.5. The summed E-state index contributed by atoms with van der Waals surface area (Å²) >= 11 is 16.6. The highest BCUT2D eigenvalue weighted by atomic mass is 35.5. The maximum absolute atomic E-state index is 5.67. The van der Waals surface area contributed by atoms with Crippen molar-refractivity contribution in [3.63, 3.8) is 0 Å². The topological polar surface area (TPSA) is 44.2 Å². The first-order valence-electron chi connectivity index (χ1n) is 6.14. The lowest BCUT2D eigenvalue weighted by Gasteiger charge is -2.03. The molecule has 2 heterocycles. The van der Waals surface area contributed by atoms with Crippen LogP contribution in [0, 0.1) is 0 Å². The number of hydrogen-bond acceptors (Lipinski definition) is 4. The molecule has 2 aromatic heterocycles. The second-order valence-electron chi connectivity index (χ2n) is 3.78. The van der Waals surface area contributed by atoms with E-state index in [-0.39, 0.29) is 0 Å². The fraction of sp³-hybridized carbons (Fsp3) is 0.286. The molecule has 0 aliphatic rings. The minimum Gasteiger partial charge on any atom is -0.478 e. The third kappa shape index (κ3) is 8.73. The SMILES string of the molecule is COCCCOc1cccc(Cl)n1.Clc1cccc(Cl)n1. The molecule has 0 spiro atoms. The van der Waals surface area contributed by atoms with Crippen molar-refractivity contribution in [2.45, 2.75) is 6.42 Å². The van der Waals surface area contributed by atoms with E-state index in [4.69, 9.17) is 44.3 Å². The van der Waals surface area contributed by atoms with Crippen molar-refractivity contribution in [1.82, 2.24) is 9.97 Å². The van der Waals surface area contributed by atoms with E-state index >= 15 is 0 Å². The number of halogens is 3. The molecule has 0 aliphatic carbocycles. The van der Waals surface area contributed by atoms with Crippen LogP contribution in [0.5, 0.6) is 5.88 Å². The van der Waals surface area contributed by atoms with Crippen LogP contribution in [0.1, 0.15) is 6.42 Å². The molecule has 0 atom stereocenters. The van der Waals surface area contributed by atoms with Gasteiger partial charge in [-0.15, -0.1) is 0 Å². The van der Waals surface area contributed by atoms with Gasteiger partial charge in [0.1, 0.15) is 15.5 Å². The second kappa shape index (κ2) is 10.6. The van der Waals surface area contributed by atoms with Gasteiger partial charge in [0.15, 0.2) is 0 Å². The first kappa shape index (κ1) is 18.0. The minimum atomic E-state index is 0.428. The molecule has 2 rings (SSSR count). The smallest absolute Gasteiger partial charge is 0.214 e. The summed E-state index contributed by atoms with van der Waals surface area (Å²) in [6.45, 7) is 1.29. The molecule has 0 unspecified atom stereocenters. The van der Waals surface area contributed by atoms with Crippen LogP contribution in [0.2, 0.25) is 15.5 Å². The number of rotatable bonds is 5. The first-order valence-corrected chi connectivity index (χ1v) is 7.27. The van der Waals surface area contributed by atoms with Crippen LogP contribution >= 0.6 is 34.8 Å². The van der Waals surface area contributed by atoms with E-state index in [0.29, 0.717) is 34.6 Å². The van der Waals surface area contributed by atoms with Gasteiger partial charge in [-0.2, -0.15) is 0 Å². The molecule has 7 heteroatoms. The Kier molecular flexibility index (Phi) is 9.10. The Bertz CT molecular complexity index is 524. The Morgan fingerprint density at radius 2 is 1.43 bits per heavy atom. The molecule has 0 fully saturated rings. The quantitative estimate of drug-likeness (QED) is 0.587. The number of pyridine rings is 2. The lowest BCUT2D eigenvalue weighted by molar-refractivity contribution is 0.170. The van der Waals surface area contributed by atoms with Gasteiger partial charge in [-0.3, -0.25) is 0 Å². The average Bonchev–Trinajstić information content (AvgIpc) is 2.44. The highest BCUT2D eigenvalue weighted by Gasteiger charge is 1.95. The highest BCUT2D eigenvalue weighted by Crippen LogP contribution is 2.11. The maximum atomic E-state index is 5.67. The van der Waals surface area contributed by atoms with Gasteiger partial charge < -0.3 is 9.47 Å².